The first-order chi connectivity index (χ1) is 9.17. The molecule has 2 rings (SSSR count). The van der Waals surface area contributed by atoms with Crippen LogP contribution in [0.5, 0.6) is 0 Å². The Bertz CT molecular complexity index is 629. The van der Waals surface area contributed by atoms with E-state index < -0.39 is 0 Å². The average Bonchev–Trinajstić information content (AvgIpc) is 2.46. The van der Waals surface area contributed by atoms with Gasteiger partial charge in [0.2, 0.25) is 0 Å². The molecule has 0 aliphatic heterocycles. The summed E-state index contributed by atoms with van der Waals surface area (Å²) in [5, 5.41) is 9.18. The lowest BCUT2D eigenvalue weighted by atomic mass is 10.1. The van der Waals surface area contributed by atoms with Gasteiger partial charge in [-0.3, -0.25) is 0 Å². The molecular formula is C16H15ClN2. The fourth-order valence-corrected chi connectivity index (χ4v) is 2.35. The van der Waals surface area contributed by atoms with Gasteiger partial charge in [-0.15, -0.1) is 11.6 Å². The quantitative estimate of drug-likeness (QED) is 0.774. The number of aryl methyl sites for hydroxylation is 1. The molecule has 0 radical (unpaired) electrons. The van der Waals surface area contributed by atoms with Gasteiger partial charge < -0.3 is 4.90 Å². The molecule has 19 heavy (non-hydrogen) atoms. The summed E-state index contributed by atoms with van der Waals surface area (Å²) < 4.78 is 0. The predicted octanol–water partition coefficient (Wildman–Crippen LogP) is 4.37. The Kier molecular flexibility index (Phi) is 4.09. The molecule has 3 heteroatoms. The lowest BCUT2D eigenvalue weighted by Crippen LogP contribution is -2.13. The van der Waals surface area contributed by atoms with Gasteiger partial charge in [-0.25, -0.2) is 0 Å². The van der Waals surface area contributed by atoms with E-state index in [1.807, 2.05) is 49.2 Å². The molecule has 0 aromatic heterocycles. The second-order valence-corrected chi connectivity index (χ2v) is 4.72. The maximum atomic E-state index is 9.18. The van der Waals surface area contributed by atoms with E-state index in [-0.39, 0.29) is 0 Å². The van der Waals surface area contributed by atoms with E-state index in [0.717, 1.165) is 16.9 Å². The standard InChI is InChI=1S/C16H15ClN2/c1-12-7-8-16(14(9-12)10-17)19(2)15-6-4-3-5-13(15)11-18/h3-9H,10H2,1-2H3. The third-order valence-electron chi connectivity index (χ3n) is 3.13. The molecule has 0 fully saturated rings. The van der Waals surface area contributed by atoms with Crippen molar-refractivity contribution in [2.75, 3.05) is 11.9 Å². The van der Waals surface area contributed by atoms with Crippen LogP contribution in [0.25, 0.3) is 0 Å². The Morgan fingerprint density at radius 3 is 2.58 bits per heavy atom. The summed E-state index contributed by atoms with van der Waals surface area (Å²) in [6, 6.07) is 16.0. The van der Waals surface area contributed by atoms with Crippen molar-refractivity contribution in [1.29, 1.82) is 5.26 Å². The summed E-state index contributed by atoms with van der Waals surface area (Å²) in [5.74, 6) is 0.454. The molecule has 0 aliphatic carbocycles. The minimum atomic E-state index is 0.454. The summed E-state index contributed by atoms with van der Waals surface area (Å²) in [5.41, 5.74) is 4.83. The maximum absolute atomic E-state index is 9.18. The normalized spacial score (nSPS) is 10.0. The van der Waals surface area contributed by atoms with Gasteiger partial charge in [0.05, 0.1) is 11.3 Å². The first-order valence-corrected chi connectivity index (χ1v) is 6.59. The maximum Gasteiger partial charge on any atom is 0.101 e. The van der Waals surface area contributed by atoms with Crippen molar-refractivity contribution in [2.24, 2.45) is 0 Å². The summed E-state index contributed by atoms with van der Waals surface area (Å²) in [6.07, 6.45) is 0. The lowest BCUT2D eigenvalue weighted by molar-refractivity contribution is 1.16. The van der Waals surface area contributed by atoms with E-state index in [0.29, 0.717) is 11.4 Å². The number of halogens is 1. The molecule has 2 nitrogen and oxygen atoms in total. The molecule has 0 spiro atoms. The number of alkyl halides is 1. The topological polar surface area (TPSA) is 27.0 Å². The third-order valence-corrected chi connectivity index (χ3v) is 3.41. The first kappa shape index (κ1) is 13.5. The Morgan fingerprint density at radius 2 is 1.89 bits per heavy atom. The molecule has 96 valence electrons. The molecule has 0 N–H and O–H groups in total. The van der Waals surface area contributed by atoms with Crippen LogP contribution in [0.4, 0.5) is 11.4 Å². The highest BCUT2D eigenvalue weighted by molar-refractivity contribution is 6.17. The van der Waals surface area contributed by atoms with Gasteiger partial charge in [0.1, 0.15) is 6.07 Å². The van der Waals surface area contributed by atoms with Gasteiger partial charge in [0.15, 0.2) is 0 Å². The summed E-state index contributed by atoms with van der Waals surface area (Å²) in [4.78, 5) is 2.01. The Morgan fingerprint density at radius 1 is 1.16 bits per heavy atom. The zero-order chi connectivity index (χ0) is 13.8. The van der Waals surface area contributed by atoms with Crippen molar-refractivity contribution < 1.29 is 0 Å². The fraction of sp³-hybridized carbons (Fsp3) is 0.188. The second-order valence-electron chi connectivity index (χ2n) is 4.45. The number of hydrogen-bond donors (Lipinski definition) is 0. The number of hydrogen-bond acceptors (Lipinski definition) is 2. The van der Waals surface area contributed by atoms with Crippen molar-refractivity contribution >= 4 is 23.0 Å². The van der Waals surface area contributed by atoms with E-state index in [9.17, 15) is 5.26 Å². The highest BCUT2D eigenvalue weighted by Crippen LogP contribution is 2.30. The monoisotopic (exact) mass is 270 g/mol. The minimum Gasteiger partial charge on any atom is -0.343 e. The van der Waals surface area contributed by atoms with Crippen molar-refractivity contribution in [1.82, 2.24) is 0 Å². The van der Waals surface area contributed by atoms with Crippen LogP contribution in [0.3, 0.4) is 0 Å². The summed E-state index contributed by atoms with van der Waals surface area (Å²) in [7, 11) is 1.96. The Hall–Kier alpha value is -1.98. The van der Waals surface area contributed by atoms with Gasteiger partial charge in [0, 0.05) is 18.6 Å². The van der Waals surface area contributed by atoms with Crippen LogP contribution in [0.15, 0.2) is 42.5 Å². The van der Waals surface area contributed by atoms with E-state index in [1.165, 1.54) is 5.56 Å². The number of nitriles is 1. The van der Waals surface area contributed by atoms with Gasteiger partial charge >= 0.3 is 0 Å². The number of rotatable bonds is 3. The van der Waals surface area contributed by atoms with Crippen molar-refractivity contribution in [3.63, 3.8) is 0 Å². The van der Waals surface area contributed by atoms with E-state index in [2.05, 4.69) is 18.2 Å². The molecule has 0 heterocycles. The van der Waals surface area contributed by atoms with Gasteiger partial charge in [-0.2, -0.15) is 5.26 Å². The smallest absolute Gasteiger partial charge is 0.101 e. The molecule has 0 aliphatic rings. The van der Waals surface area contributed by atoms with Gasteiger partial charge in [0.25, 0.3) is 0 Å². The van der Waals surface area contributed by atoms with Crippen LogP contribution < -0.4 is 4.90 Å². The lowest BCUT2D eigenvalue weighted by Gasteiger charge is -2.23. The zero-order valence-corrected chi connectivity index (χ0v) is 11.8. The Labute approximate surface area is 118 Å². The summed E-state index contributed by atoms with van der Waals surface area (Å²) in [6.45, 7) is 2.04. The highest BCUT2D eigenvalue weighted by atomic mass is 35.5. The number of anilines is 2. The van der Waals surface area contributed by atoms with E-state index in [4.69, 9.17) is 11.6 Å². The van der Waals surface area contributed by atoms with E-state index in [1.54, 1.807) is 0 Å². The number of benzene rings is 2. The molecule has 0 saturated carbocycles. The van der Waals surface area contributed by atoms with Crippen LogP contribution in [-0.4, -0.2) is 7.05 Å². The molecule has 0 amide bonds. The average molecular weight is 271 g/mol. The molecule has 2 aromatic rings. The molecule has 0 atom stereocenters. The minimum absolute atomic E-state index is 0.454. The van der Waals surface area contributed by atoms with Crippen LogP contribution in [0.1, 0.15) is 16.7 Å². The van der Waals surface area contributed by atoms with Crippen molar-refractivity contribution in [2.45, 2.75) is 12.8 Å². The molecule has 0 bridgehead atoms. The third kappa shape index (κ3) is 2.72. The second kappa shape index (κ2) is 5.77. The van der Waals surface area contributed by atoms with Crippen LogP contribution in [0.2, 0.25) is 0 Å². The van der Waals surface area contributed by atoms with E-state index >= 15 is 0 Å². The SMILES string of the molecule is Cc1ccc(N(C)c2ccccc2C#N)c(CCl)c1. The molecule has 0 saturated heterocycles. The predicted molar refractivity (Wildman–Crippen MR) is 80.0 cm³/mol. The van der Waals surface area contributed by atoms with Crippen LogP contribution in [-0.2, 0) is 5.88 Å². The molecule has 2 aromatic carbocycles. The van der Waals surface area contributed by atoms with Crippen LogP contribution in [0, 0.1) is 18.3 Å². The van der Waals surface area contributed by atoms with Crippen molar-refractivity contribution in [3.05, 3.63) is 59.2 Å². The van der Waals surface area contributed by atoms with Gasteiger partial charge in [-0.05, 0) is 30.7 Å². The largest absolute Gasteiger partial charge is 0.343 e. The van der Waals surface area contributed by atoms with Gasteiger partial charge in [-0.1, -0.05) is 29.8 Å². The summed E-state index contributed by atoms with van der Waals surface area (Å²) >= 11 is 6.02. The number of para-hydroxylation sites is 1. The first-order valence-electron chi connectivity index (χ1n) is 6.05. The fourth-order valence-electron chi connectivity index (χ4n) is 2.14. The molecule has 0 unspecified atom stereocenters. The zero-order valence-electron chi connectivity index (χ0n) is 11.0. The van der Waals surface area contributed by atoms with Crippen LogP contribution >= 0.6 is 11.6 Å². The Balaban J connectivity index is 2.50. The number of nitrogens with zero attached hydrogens (tertiary/aromatic N) is 2. The highest BCUT2D eigenvalue weighted by Gasteiger charge is 2.12. The molecular weight excluding hydrogens is 256 g/mol. The van der Waals surface area contributed by atoms with Crippen molar-refractivity contribution in [3.8, 4) is 6.07 Å².